The van der Waals surface area contributed by atoms with Crippen LogP contribution in [0.4, 0.5) is 0 Å². The number of carboxylic acid groups (broad SMARTS) is 1. The van der Waals surface area contributed by atoms with Gasteiger partial charge in [-0.05, 0) is 88.4 Å². The molecule has 0 fully saturated rings. The van der Waals surface area contributed by atoms with Crippen molar-refractivity contribution in [2.45, 2.75) is 59.2 Å². The molecule has 6 heteroatoms. The predicted molar refractivity (Wildman–Crippen MR) is 127 cm³/mol. The van der Waals surface area contributed by atoms with Crippen LogP contribution in [0.15, 0.2) is 36.5 Å². The number of rotatable bonds is 5. The van der Waals surface area contributed by atoms with Crippen molar-refractivity contribution >= 4 is 17.3 Å². The highest BCUT2D eigenvalue weighted by Gasteiger charge is 2.33. The minimum atomic E-state index is -1.06. The molecule has 0 radical (unpaired) electrons. The van der Waals surface area contributed by atoms with Gasteiger partial charge in [-0.2, -0.15) is 0 Å². The molecule has 1 aliphatic rings. The molecule has 2 aromatic heterocycles. The Labute approximate surface area is 193 Å². The van der Waals surface area contributed by atoms with E-state index < -0.39 is 17.7 Å². The van der Waals surface area contributed by atoms with Gasteiger partial charge in [0.1, 0.15) is 5.75 Å². The molecule has 1 unspecified atom stereocenters. The number of nitrogens with zero attached hydrogens (tertiary/aromatic N) is 1. The normalized spacial score (nSPS) is 14.5. The van der Waals surface area contributed by atoms with E-state index in [1.165, 1.54) is 0 Å². The number of hydrogen-bond donors (Lipinski definition) is 1. The third-order valence-electron chi connectivity index (χ3n) is 5.44. The van der Waals surface area contributed by atoms with Gasteiger partial charge < -0.3 is 14.6 Å². The maximum Gasteiger partial charge on any atom is 0.337 e. The van der Waals surface area contributed by atoms with Crippen LogP contribution in [0.5, 0.6) is 5.75 Å². The van der Waals surface area contributed by atoms with Crippen LogP contribution >= 0.6 is 11.3 Å². The highest BCUT2D eigenvalue weighted by molar-refractivity contribution is 7.16. The number of aliphatic carboxylic acids is 1. The van der Waals surface area contributed by atoms with E-state index in [0.29, 0.717) is 0 Å². The Morgan fingerprint density at radius 1 is 1.19 bits per heavy atom. The lowest BCUT2D eigenvalue weighted by molar-refractivity contribution is -0.160. The maximum absolute atomic E-state index is 12.4. The van der Waals surface area contributed by atoms with Gasteiger partial charge >= 0.3 is 5.97 Å². The molecule has 0 aliphatic carbocycles. The third-order valence-corrected chi connectivity index (χ3v) is 6.61. The molecule has 1 aliphatic heterocycles. The van der Waals surface area contributed by atoms with E-state index in [2.05, 4.69) is 11.1 Å². The van der Waals surface area contributed by atoms with Gasteiger partial charge in [-0.3, -0.25) is 4.98 Å². The lowest BCUT2D eigenvalue weighted by atomic mass is 9.92. The Balaban J connectivity index is 1.97. The number of carbonyl (C=O) groups is 1. The Hall–Kier alpha value is -2.70. The molecule has 3 aromatic rings. The number of fused-ring (bicyclic) bond motifs is 1. The zero-order valence-corrected chi connectivity index (χ0v) is 20.0. The quantitative estimate of drug-likeness (QED) is 0.489. The van der Waals surface area contributed by atoms with E-state index in [1.807, 2.05) is 58.9 Å². The third kappa shape index (κ3) is 4.57. The summed E-state index contributed by atoms with van der Waals surface area (Å²) in [5.41, 5.74) is 5.13. The largest absolute Gasteiger partial charge is 0.493 e. The van der Waals surface area contributed by atoms with E-state index in [0.717, 1.165) is 68.5 Å². The summed E-state index contributed by atoms with van der Waals surface area (Å²) < 4.78 is 11.9. The van der Waals surface area contributed by atoms with Crippen LogP contribution in [0, 0.1) is 13.8 Å². The minimum absolute atomic E-state index is 0.605. The summed E-state index contributed by atoms with van der Waals surface area (Å²) >= 11 is 1.60. The first kappa shape index (κ1) is 22.5. The summed E-state index contributed by atoms with van der Waals surface area (Å²) in [5, 5.41) is 10.2. The van der Waals surface area contributed by atoms with Crippen molar-refractivity contribution in [1.29, 1.82) is 0 Å². The molecule has 168 valence electrons. The topological polar surface area (TPSA) is 68.7 Å². The van der Waals surface area contributed by atoms with E-state index >= 15 is 0 Å². The highest BCUT2D eigenvalue weighted by Crippen LogP contribution is 2.48. The van der Waals surface area contributed by atoms with Gasteiger partial charge in [-0.25, -0.2) is 4.79 Å². The smallest absolute Gasteiger partial charge is 0.337 e. The fraction of sp³-hybridized carbons (Fsp3) is 0.385. The summed E-state index contributed by atoms with van der Waals surface area (Å²) in [7, 11) is 0. The van der Waals surface area contributed by atoms with Crippen LogP contribution in [0.3, 0.4) is 0 Å². The van der Waals surface area contributed by atoms with Gasteiger partial charge in [-0.1, -0.05) is 6.07 Å². The van der Waals surface area contributed by atoms with E-state index in [9.17, 15) is 9.90 Å². The van der Waals surface area contributed by atoms with Gasteiger partial charge in [0.05, 0.1) is 12.2 Å². The molecule has 1 aromatic carbocycles. The molecule has 0 amide bonds. The second-order valence-electron chi connectivity index (χ2n) is 9.18. The molecule has 3 heterocycles. The monoisotopic (exact) mass is 451 g/mol. The molecular formula is C26H29NO4S. The Bertz CT molecular complexity index is 1160. The average Bonchev–Trinajstić information content (AvgIpc) is 3.07. The molecule has 0 spiro atoms. The number of thiophene rings is 1. The van der Waals surface area contributed by atoms with Crippen molar-refractivity contribution in [1.82, 2.24) is 4.98 Å². The molecule has 0 bridgehead atoms. The average molecular weight is 452 g/mol. The van der Waals surface area contributed by atoms with Crippen LogP contribution in [0.2, 0.25) is 0 Å². The number of hydrogen-bond acceptors (Lipinski definition) is 5. The number of ether oxygens (including phenoxy) is 2. The minimum Gasteiger partial charge on any atom is -0.493 e. The van der Waals surface area contributed by atoms with Crippen molar-refractivity contribution in [2.24, 2.45) is 0 Å². The lowest BCUT2D eigenvalue weighted by Crippen LogP contribution is -2.27. The van der Waals surface area contributed by atoms with Crippen molar-refractivity contribution in [3.05, 3.63) is 58.2 Å². The standard InChI is InChI=1S/C26H29NO4S/c1-15-13-19(10-11-27-15)24-22(18-8-9-20-17(14-18)7-6-12-30-20)21(16(2)32-24)23(25(28)29)31-26(3,4)5/h8-11,13-14,23H,6-7,12H2,1-5H3,(H,28,29). The molecule has 1 atom stereocenters. The van der Waals surface area contributed by atoms with Gasteiger partial charge in [0.2, 0.25) is 0 Å². The van der Waals surface area contributed by atoms with Crippen molar-refractivity contribution in [3.8, 4) is 27.3 Å². The first-order chi connectivity index (χ1) is 15.1. The summed E-state index contributed by atoms with van der Waals surface area (Å²) in [6, 6.07) is 10.2. The fourth-order valence-corrected chi connectivity index (χ4v) is 5.35. The maximum atomic E-state index is 12.4. The van der Waals surface area contributed by atoms with Gasteiger partial charge in [0, 0.05) is 32.8 Å². The van der Waals surface area contributed by atoms with Gasteiger partial charge in [0.25, 0.3) is 0 Å². The van der Waals surface area contributed by atoms with Crippen LogP contribution in [0.25, 0.3) is 21.6 Å². The van der Waals surface area contributed by atoms with Crippen LogP contribution < -0.4 is 4.74 Å². The van der Waals surface area contributed by atoms with E-state index in [1.54, 1.807) is 17.5 Å². The molecule has 4 rings (SSSR count). The first-order valence-corrected chi connectivity index (χ1v) is 11.7. The van der Waals surface area contributed by atoms with Crippen molar-refractivity contribution in [3.63, 3.8) is 0 Å². The van der Waals surface area contributed by atoms with Gasteiger partial charge in [0.15, 0.2) is 6.10 Å². The Morgan fingerprint density at radius 3 is 2.66 bits per heavy atom. The second-order valence-corrected chi connectivity index (χ2v) is 10.4. The summed E-state index contributed by atoms with van der Waals surface area (Å²) in [4.78, 5) is 18.7. The molecule has 32 heavy (non-hydrogen) atoms. The van der Waals surface area contributed by atoms with E-state index in [4.69, 9.17) is 9.47 Å². The molecule has 1 N–H and O–H groups in total. The highest BCUT2D eigenvalue weighted by atomic mass is 32.1. The van der Waals surface area contributed by atoms with Crippen LogP contribution in [-0.2, 0) is 16.0 Å². The summed E-state index contributed by atoms with van der Waals surface area (Å²) in [6.07, 6.45) is 2.66. The molecular weight excluding hydrogens is 422 g/mol. The zero-order chi connectivity index (χ0) is 23.0. The number of carboxylic acids is 1. The van der Waals surface area contributed by atoms with Crippen molar-refractivity contribution in [2.75, 3.05) is 6.61 Å². The molecule has 0 saturated heterocycles. The predicted octanol–water partition coefficient (Wildman–Crippen LogP) is 6.36. The Kier molecular flexibility index (Phi) is 6.10. The zero-order valence-electron chi connectivity index (χ0n) is 19.2. The van der Waals surface area contributed by atoms with Crippen LogP contribution in [-0.4, -0.2) is 28.3 Å². The number of benzene rings is 1. The lowest BCUT2D eigenvalue weighted by Gasteiger charge is -2.26. The SMILES string of the molecule is Cc1cc(-c2sc(C)c(C(OC(C)(C)C)C(=O)O)c2-c2ccc3c(c2)CCCO3)ccn1. The molecule has 5 nitrogen and oxygen atoms in total. The summed E-state index contributed by atoms with van der Waals surface area (Å²) in [5.74, 6) is -0.0728. The van der Waals surface area contributed by atoms with Crippen molar-refractivity contribution < 1.29 is 19.4 Å². The van der Waals surface area contributed by atoms with Gasteiger partial charge in [-0.15, -0.1) is 11.3 Å². The second kappa shape index (κ2) is 8.68. The summed E-state index contributed by atoms with van der Waals surface area (Å²) in [6.45, 7) is 10.3. The number of aromatic nitrogens is 1. The Morgan fingerprint density at radius 2 is 1.97 bits per heavy atom. The fourth-order valence-electron chi connectivity index (χ4n) is 4.15. The van der Waals surface area contributed by atoms with Crippen LogP contribution in [0.1, 0.15) is 55.0 Å². The number of aryl methyl sites for hydroxylation is 3. The molecule has 0 saturated carbocycles. The van der Waals surface area contributed by atoms with E-state index in [-0.39, 0.29) is 0 Å². The number of pyridine rings is 1. The first-order valence-electron chi connectivity index (χ1n) is 10.9.